The molecule has 0 saturated heterocycles. The Morgan fingerprint density at radius 2 is 1.43 bits per heavy atom. The van der Waals surface area contributed by atoms with Crippen molar-refractivity contribution >= 4 is 28.4 Å². The van der Waals surface area contributed by atoms with Gasteiger partial charge in [0.2, 0.25) is 0 Å². The van der Waals surface area contributed by atoms with E-state index in [1.54, 1.807) is 0 Å². The third-order valence-corrected chi connectivity index (χ3v) is 6.78. The van der Waals surface area contributed by atoms with Crippen molar-refractivity contribution in [3.63, 3.8) is 0 Å². The Morgan fingerprint density at radius 3 is 2.05 bits per heavy atom. The number of unbranched alkanes of at least 4 members (excludes halogenated alkanes) is 6. The minimum atomic E-state index is 0.557. The van der Waals surface area contributed by atoms with Gasteiger partial charge in [-0.15, -0.1) is 0 Å². The number of rotatable bonds is 12. The van der Waals surface area contributed by atoms with Crippen LogP contribution in [0.2, 0.25) is 0 Å². The van der Waals surface area contributed by atoms with E-state index in [2.05, 4.69) is 30.8 Å². The van der Waals surface area contributed by atoms with E-state index >= 15 is 0 Å². The van der Waals surface area contributed by atoms with Crippen LogP contribution in [-0.2, 0) is 0 Å². The van der Waals surface area contributed by atoms with E-state index in [0.717, 1.165) is 0 Å². The molecule has 0 bridgehead atoms. The van der Waals surface area contributed by atoms with Crippen LogP contribution in [0.15, 0.2) is 4.99 Å². The molecule has 1 unspecified atom stereocenters. The maximum atomic E-state index is 5.04. The first-order valence-electron chi connectivity index (χ1n) is 9.35. The zero-order valence-electron chi connectivity index (χ0n) is 14.9. The topological polar surface area (TPSA) is 18.8 Å². The Labute approximate surface area is 145 Å². The number of aliphatic imine (C=N–C) groups is 1. The van der Waals surface area contributed by atoms with Gasteiger partial charge in [-0.1, -0.05) is 0 Å². The van der Waals surface area contributed by atoms with Crippen molar-refractivity contribution in [2.24, 2.45) is 4.99 Å². The summed E-state index contributed by atoms with van der Waals surface area (Å²) in [6.07, 6.45) is 13.1. The molecule has 0 aromatic heterocycles. The molecule has 4 heteroatoms. The first-order valence-corrected chi connectivity index (χ1v) is 12.6. The van der Waals surface area contributed by atoms with Gasteiger partial charge in [0.05, 0.1) is 0 Å². The van der Waals surface area contributed by atoms with Crippen LogP contribution in [0, 0.1) is 0 Å². The fourth-order valence-electron chi connectivity index (χ4n) is 3.03. The van der Waals surface area contributed by atoms with Crippen LogP contribution in [0.4, 0.5) is 0 Å². The van der Waals surface area contributed by atoms with Crippen LogP contribution >= 0.6 is 0 Å². The summed E-state index contributed by atoms with van der Waals surface area (Å²) in [5.74, 6) is 1.40. The number of hydrogen-bond acceptors (Lipinski definition) is 3. The number of hydrogen-bond donors (Lipinski definition) is 0. The fourth-order valence-corrected chi connectivity index (χ4v) is 5.41. The molecule has 1 aliphatic rings. The zero-order valence-corrected chi connectivity index (χ0v) is 20.6. The van der Waals surface area contributed by atoms with Crippen molar-refractivity contribution in [1.82, 2.24) is 10.0 Å². The molecular weight excluding hydrogens is 365 g/mol. The van der Waals surface area contributed by atoms with Crippen LogP contribution < -0.4 is 0 Å². The standard InChI is InChI=1S/C17H34N3.Sn.3H/c1-4-7-10-13-17-18-16-19(14-11-8-5-2)20(17)15-12-9-6-3;;;;/h16H,4-15H2,1-3H3;;;;. The fraction of sp³-hybridized carbons (Fsp3) is 0.941. The van der Waals surface area contributed by atoms with Gasteiger partial charge in [-0.05, 0) is 0 Å². The molecule has 1 heterocycles. The summed E-state index contributed by atoms with van der Waals surface area (Å²) < 4.78 is 0.557. The van der Waals surface area contributed by atoms with Gasteiger partial charge in [-0.2, -0.15) is 0 Å². The number of hydrazine groups is 1. The Kier molecular flexibility index (Phi) is 10.8. The van der Waals surface area contributed by atoms with E-state index in [1.165, 1.54) is 83.1 Å². The number of nitrogens with zero attached hydrogens (tertiary/aromatic N) is 3. The summed E-state index contributed by atoms with van der Waals surface area (Å²) >= 11 is 0.579. The van der Waals surface area contributed by atoms with E-state index < -0.39 is 0 Å². The van der Waals surface area contributed by atoms with Crippen molar-refractivity contribution in [3.8, 4) is 0 Å². The van der Waals surface area contributed by atoms with Crippen molar-refractivity contribution < 1.29 is 0 Å². The van der Waals surface area contributed by atoms with Crippen molar-refractivity contribution in [2.45, 2.75) is 89.2 Å². The predicted molar refractivity (Wildman–Crippen MR) is 97.8 cm³/mol. The summed E-state index contributed by atoms with van der Waals surface area (Å²) in [6.45, 7) is 9.28. The van der Waals surface area contributed by atoms with Gasteiger partial charge in [-0.3, -0.25) is 0 Å². The van der Waals surface area contributed by atoms with Crippen molar-refractivity contribution in [1.29, 1.82) is 0 Å². The second kappa shape index (κ2) is 11.8. The van der Waals surface area contributed by atoms with Crippen LogP contribution in [-0.4, -0.2) is 55.6 Å². The summed E-state index contributed by atoms with van der Waals surface area (Å²) in [5, 5.41) is 5.19. The molecule has 0 saturated carbocycles. The van der Waals surface area contributed by atoms with E-state index in [4.69, 9.17) is 4.99 Å². The van der Waals surface area contributed by atoms with Gasteiger partial charge in [0, 0.05) is 0 Å². The number of amidine groups is 1. The molecule has 1 aliphatic heterocycles. The minimum absolute atomic E-state index is 0.557. The summed E-state index contributed by atoms with van der Waals surface area (Å²) in [6, 6.07) is 0. The molecule has 0 radical (unpaired) electrons. The quantitative estimate of drug-likeness (QED) is 0.368. The third-order valence-electron chi connectivity index (χ3n) is 4.34. The normalized spacial score (nSPS) is 19.5. The van der Waals surface area contributed by atoms with Crippen LogP contribution in [0.25, 0.3) is 0 Å². The van der Waals surface area contributed by atoms with Gasteiger partial charge < -0.3 is 0 Å². The molecular formula is C17H37N3Sn. The molecule has 3 nitrogen and oxygen atoms in total. The summed E-state index contributed by atoms with van der Waals surface area (Å²) in [4.78, 5) is 5.04. The molecule has 0 aliphatic carbocycles. The van der Waals surface area contributed by atoms with Crippen molar-refractivity contribution in [3.05, 3.63) is 0 Å². The first-order chi connectivity index (χ1) is 10.2. The van der Waals surface area contributed by atoms with E-state index in [0.29, 0.717) is 26.7 Å². The molecule has 1 atom stereocenters. The monoisotopic (exact) mass is 403 g/mol. The molecule has 124 valence electrons. The third kappa shape index (κ3) is 6.89. The predicted octanol–water partition coefficient (Wildman–Crippen LogP) is 3.53. The van der Waals surface area contributed by atoms with Gasteiger partial charge >= 0.3 is 146 Å². The molecule has 0 N–H and O–H groups in total. The SMILES string of the molecule is CCCCCC1=N[CH]([SnH3])N(CCCCC)N1CCCCC. The van der Waals surface area contributed by atoms with Crippen LogP contribution in [0.1, 0.15) is 85.0 Å². The van der Waals surface area contributed by atoms with Gasteiger partial charge in [-0.25, -0.2) is 0 Å². The van der Waals surface area contributed by atoms with Gasteiger partial charge in [0.1, 0.15) is 0 Å². The molecule has 0 aromatic carbocycles. The maximum absolute atomic E-state index is 5.04. The van der Waals surface area contributed by atoms with Gasteiger partial charge in [0.25, 0.3) is 0 Å². The molecule has 0 spiro atoms. The summed E-state index contributed by atoms with van der Waals surface area (Å²) in [7, 11) is 0. The second-order valence-electron chi connectivity index (χ2n) is 6.33. The Morgan fingerprint density at radius 1 is 0.857 bits per heavy atom. The van der Waals surface area contributed by atoms with Gasteiger partial charge in [0.15, 0.2) is 0 Å². The molecule has 21 heavy (non-hydrogen) atoms. The Bertz CT molecular complexity index is 294. The molecule has 0 fully saturated rings. The van der Waals surface area contributed by atoms with E-state index in [1.807, 2.05) is 0 Å². The average Bonchev–Trinajstić information content (AvgIpc) is 2.76. The Balaban J connectivity index is 2.55. The average molecular weight is 402 g/mol. The second-order valence-corrected chi connectivity index (χ2v) is 9.28. The first kappa shape index (κ1) is 19.3. The van der Waals surface area contributed by atoms with Crippen LogP contribution in [0.5, 0.6) is 0 Å². The van der Waals surface area contributed by atoms with Crippen molar-refractivity contribution in [2.75, 3.05) is 13.1 Å². The summed E-state index contributed by atoms with van der Waals surface area (Å²) in [5.41, 5.74) is 0. The van der Waals surface area contributed by atoms with E-state index in [-0.39, 0.29) is 0 Å². The van der Waals surface area contributed by atoms with E-state index in [9.17, 15) is 0 Å². The molecule has 0 amide bonds. The molecule has 1 rings (SSSR count). The zero-order chi connectivity index (χ0) is 15.5. The molecule has 0 aromatic rings. The Hall–Kier alpha value is 0.229. The van der Waals surface area contributed by atoms with Crippen LogP contribution in [0.3, 0.4) is 0 Å².